The molecule has 0 atom stereocenters. The Morgan fingerprint density at radius 1 is 1.40 bits per heavy atom. The van der Waals surface area contributed by atoms with Gasteiger partial charge < -0.3 is 10.1 Å². The molecule has 0 saturated heterocycles. The second-order valence-electron chi connectivity index (χ2n) is 4.95. The molecular formula is C15H20ClN3O. The highest BCUT2D eigenvalue weighted by atomic mass is 35.5. The Morgan fingerprint density at radius 2 is 2.25 bits per heavy atom. The molecule has 0 aliphatic carbocycles. The predicted molar refractivity (Wildman–Crippen MR) is 81.1 cm³/mol. The lowest BCUT2D eigenvalue weighted by molar-refractivity contribution is 0.291. The fraction of sp³-hybridized carbons (Fsp3) is 0.400. The van der Waals surface area contributed by atoms with Crippen LogP contribution in [0.4, 0.5) is 0 Å². The molecule has 0 saturated carbocycles. The lowest BCUT2D eigenvalue weighted by atomic mass is 10.2. The number of benzene rings is 1. The molecular weight excluding hydrogens is 274 g/mol. The van der Waals surface area contributed by atoms with Gasteiger partial charge in [0.05, 0.1) is 17.8 Å². The third-order valence-electron chi connectivity index (χ3n) is 2.80. The van der Waals surface area contributed by atoms with Crippen LogP contribution in [0.1, 0.15) is 19.4 Å². The summed E-state index contributed by atoms with van der Waals surface area (Å²) in [7, 11) is 0. The number of rotatable bonds is 7. The maximum atomic E-state index is 5.81. The summed E-state index contributed by atoms with van der Waals surface area (Å²) in [6, 6.07) is 8.61. The molecule has 1 aromatic carbocycles. The van der Waals surface area contributed by atoms with Crippen molar-refractivity contribution in [3.63, 3.8) is 0 Å². The highest BCUT2D eigenvalue weighted by Crippen LogP contribution is 2.13. The molecule has 1 heterocycles. The summed E-state index contributed by atoms with van der Waals surface area (Å²) >= 11 is 5.81. The summed E-state index contributed by atoms with van der Waals surface area (Å²) in [5, 5.41) is 8.14. The molecule has 0 spiro atoms. The third-order valence-corrected chi connectivity index (χ3v) is 3.00. The molecule has 0 amide bonds. The van der Waals surface area contributed by atoms with E-state index in [4.69, 9.17) is 16.3 Å². The van der Waals surface area contributed by atoms with E-state index in [9.17, 15) is 0 Å². The van der Waals surface area contributed by atoms with Gasteiger partial charge in [0, 0.05) is 18.8 Å². The molecule has 5 heteroatoms. The zero-order chi connectivity index (χ0) is 14.4. The Morgan fingerprint density at radius 3 is 2.95 bits per heavy atom. The largest absolute Gasteiger partial charge is 0.492 e. The molecule has 1 aromatic heterocycles. The number of ether oxygens (including phenoxy) is 1. The van der Waals surface area contributed by atoms with E-state index < -0.39 is 0 Å². The average molecular weight is 294 g/mol. The first-order valence-electron chi connectivity index (χ1n) is 6.76. The van der Waals surface area contributed by atoms with E-state index in [-0.39, 0.29) is 0 Å². The van der Waals surface area contributed by atoms with Crippen LogP contribution in [0.25, 0.3) is 0 Å². The van der Waals surface area contributed by atoms with Crippen molar-refractivity contribution < 1.29 is 4.74 Å². The van der Waals surface area contributed by atoms with Crippen LogP contribution in [-0.4, -0.2) is 22.4 Å². The van der Waals surface area contributed by atoms with Gasteiger partial charge in [0.25, 0.3) is 0 Å². The molecule has 108 valence electrons. The topological polar surface area (TPSA) is 39.1 Å². The van der Waals surface area contributed by atoms with Gasteiger partial charge in [-0.25, -0.2) is 0 Å². The van der Waals surface area contributed by atoms with Gasteiger partial charge in [-0.1, -0.05) is 37.6 Å². The van der Waals surface area contributed by atoms with E-state index in [1.54, 1.807) is 17.1 Å². The molecule has 0 radical (unpaired) electrons. The van der Waals surface area contributed by atoms with Gasteiger partial charge in [0.2, 0.25) is 0 Å². The lowest BCUT2D eigenvalue weighted by Gasteiger charge is -2.10. The van der Waals surface area contributed by atoms with Crippen molar-refractivity contribution in [1.82, 2.24) is 15.1 Å². The fourth-order valence-electron chi connectivity index (χ4n) is 1.78. The quantitative estimate of drug-likeness (QED) is 0.852. The number of hydrogen-bond acceptors (Lipinski definition) is 3. The van der Waals surface area contributed by atoms with E-state index in [0.717, 1.165) is 12.3 Å². The van der Waals surface area contributed by atoms with Crippen LogP contribution in [-0.2, 0) is 13.1 Å². The van der Waals surface area contributed by atoms with Crippen molar-refractivity contribution in [2.75, 3.05) is 6.61 Å². The minimum absolute atomic E-state index is 0.476. The average Bonchev–Trinajstić information content (AvgIpc) is 2.83. The smallest absolute Gasteiger partial charge is 0.119 e. The van der Waals surface area contributed by atoms with Crippen LogP contribution in [0.2, 0.25) is 5.02 Å². The van der Waals surface area contributed by atoms with Crippen molar-refractivity contribution in [1.29, 1.82) is 0 Å². The van der Waals surface area contributed by atoms with Crippen LogP contribution < -0.4 is 10.1 Å². The van der Waals surface area contributed by atoms with Gasteiger partial charge in [-0.3, -0.25) is 4.68 Å². The van der Waals surface area contributed by atoms with Gasteiger partial charge in [0.15, 0.2) is 0 Å². The Bertz CT molecular complexity index is 539. The Balaban J connectivity index is 1.81. The summed E-state index contributed by atoms with van der Waals surface area (Å²) in [5.41, 5.74) is 1.22. The molecule has 2 rings (SSSR count). The first-order valence-corrected chi connectivity index (χ1v) is 7.14. The summed E-state index contributed by atoms with van der Waals surface area (Å²) < 4.78 is 7.51. The number of nitrogens with one attached hydrogen (secondary N) is 1. The molecule has 0 aliphatic rings. The highest BCUT2D eigenvalue weighted by molar-refractivity contribution is 6.30. The number of hydrogen-bond donors (Lipinski definition) is 1. The maximum absolute atomic E-state index is 5.81. The van der Waals surface area contributed by atoms with Crippen LogP contribution in [0, 0.1) is 0 Å². The summed E-state index contributed by atoms with van der Waals surface area (Å²) in [5.74, 6) is 0.881. The van der Waals surface area contributed by atoms with Gasteiger partial charge in [-0.05, 0) is 17.7 Å². The molecule has 0 aliphatic heterocycles. The van der Waals surface area contributed by atoms with E-state index in [2.05, 4.69) is 36.4 Å². The van der Waals surface area contributed by atoms with Crippen molar-refractivity contribution in [3.8, 4) is 5.75 Å². The maximum Gasteiger partial charge on any atom is 0.119 e. The number of aromatic nitrogens is 2. The molecule has 1 N–H and O–H groups in total. The number of halogens is 1. The Labute approximate surface area is 124 Å². The highest BCUT2D eigenvalue weighted by Gasteiger charge is 2.00. The fourth-order valence-corrected chi connectivity index (χ4v) is 1.94. The van der Waals surface area contributed by atoms with Crippen molar-refractivity contribution in [2.45, 2.75) is 33.0 Å². The van der Waals surface area contributed by atoms with E-state index in [1.807, 2.05) is 12.1 Å². The minimum Gasteiger partial charge on any atom is -0.492 e. The van der Waals surface area contributed by atoms with Crippen molar-refractivity contribution >= 4 is 11.6 Å². The van der Waals surface area contributed by atoms with Gasteiger partial charge in [-0.2, -0.15) is 5.10 Å². The molecule has 2 aromatic rings. The molecule has 0 unspecified atom stereocenters. The standard InChI is InChI=1S/C15H20ClN3O/c1-12(2)17-9-13-4-3-5-15(8-13)20-7-6-19-11-14(16)10-18-19/h3-5,8,10-12,17H,6-7,9H2,1-2H3. The first kappa shape index (κ1) is 14.9. The number of nitrogens with zero attached hydrogens (tertiary/aromatic N) is 2. The minimum atomic E-state index is 0.476. The van der Waals surface area contributed by atoms with Gasteiger partial charge in [-0.15, -0.1) is 0 Å². The molecule has 0 bridgehead atoms. The molecule has 0 fully saturated rings. The zero-order valence-corrected chi connectivity index (χ0v) is 12.6. The first-order chi connectivity index (χ1) is 9.63. The summed E-state index contributed by atoms with van der Waals surface area (Å²) in [4.78, 5) is 0. The normalized spacial score (nSPS) is 11.0. The lowest BCUT2D eigenvalue weighted by Crippen LogP contribution is -2.21. The van der Waals surface area contributed by atoms with E-state index >= 15 is 0 Å². The monoisotopic (exact) mass is 293 g/mol. The second-order valence-corrected chi connectivity index (χ2v) is 5.39. The van der Waals surface area contributed by atoms with Gasteiger partial charge >= 0.3 is 0 Å². The molecule has 4 nitrogen and oxygen atoms in total. The Hall–Kier alpha value is -1.52. The van der Waals surface area contributed by atoms with Crippen LogP contribution in [0.5, 0.6) is 5.75 Å². The zero-order valence-electron chi connectivity index (χ0n) is 11.8. The van der Waals surface area contributed by atoms with Crippen LogP contribution in [0.3, 0.4) is 0 Å². The van der Waals surface area contributed by atoms with Gasteiger partial charge in [0.1, 0.15) is 12.4 Å². The summed E-state index contributed by atoms with van der Waals surface area (Å²) in [6.45, 7) is 6.37. The Kier molecular flexibility index (Phi) is 5.44. The SMILES string of the molecule is CC(C)NCc1cccc(OCCn2cc(Cl)cn2)c1. The van der Waals surface area contributed by atoms with E-state index in [1.165, 1.54) is 5.56 Å². The van der Waals surface area contributed by atoms with Crippen LogP contribution in [0.15, 0.2) is 36.7 Å². The molecule has 20 heavy (non-hydrogen) atoms. The third kappa shape index (κ3) is 4.87. The summed E-state index contributed by atoms with van der Waals surface area (Å²) in [6.07, 6.45) is 3.41. The second kappa shape index (κ2) is 7.31. The van der Waals surface area contributed by atoms with Crippen LogP contribution >= 0.6 is 11.6 Å². The van der Waals surface area contributed by atoms with E-state index in [0.29, 0.717) is 24.2 Å². The predicted octanol–water partition coefficient (Wildman–Crippen LogP) is 3.11. The van der Waals surface area contributed by atoms with Crippen molar-refractivity contribution in [3.05, 3.63) is 47.2 Å². The van der Waals surface area contributed by atoms with Crippen molar-refractivity contribution in [2.24, 2.45) is 0 Å².